The zero-order chi connectivity index (χ0) is 10.8. The third-order valence-electron chi connectivity index (χ3n) is 1.98. The lowest BCUT2D eigenvalue weighted by atomic mass is 10.1. The average molecular weight is 223 g/mol. The topological polar surface area (TPSA) is 26.0 Å². The molecule has 0 fully saturated rings. The summed E-state index contributed by atoms with van der Waals surface area (Å²) < 4.78 is 35.7. The summed E-state index contributed by atoms with van der Waals surface area (Å²) in [4.78, 5) is 0.856. The monoisotopic (exact) mass is 223 g/mol. The maximum Gasteiger partial charge on any atom is 0.389 e. The van der Waals surface area contributed by atoms with Crippen LogP contribution in [0.5, 0.6) is 0 Å². The Balaban J connectivity index is 2.51. The van der Waals surface area contributed by atoms with Gasteiger partial charge < -0.3 is 5.73 Å². The first-order chi connectivity index (χ1) is 6.40. The first-order valence-corrected chi connectivity index (χ1v) is 5.14. The van der Waals surface area contributed by atoms with Crippen molar-refractivity contribution in [3.63, 3.8) is 0 Å². The van der Waals surface area contributed by atoms with Gasteiger partial charge in [-0.1, -0.05) is 0 Å². The smallest absolute Gasteiger partial charge is 0.323 e. The maximum atomic E-state index is 11.9. The van der Waals surface area contributed by atoms with Crippen LogP contribution in [0.25, 0.3) is 0 Å². The van der Waals surface area contributed by atoms with Gasteiger partial charge in [-0.05, 0) is 30.4 Å². The van der Waals surface area contributed by atoms with E-state index >= 15 is 0 Å². The highest BCUT2D eigenvalue weighted by Gasteiger charge is 2.28. The molecule has 0 radical (unpaired) electrons. The van der Waals surface area contributed by atoms with Gasteiger partial charge in [0.15, 0.2) is 0 Å². The summed E-state index contributed by atoms with van der Waals surface area (Å²) in [5.41, 5.74) is 6.63. The number of hydrogen-bond acceptors (Lipinski definition) is 2. The van der Waals surface area contributed by atoms with Crippen molar-refractivity contribution >= 4 is 11.3 Å². The molecular weight excluding hydrogens is 211 g/mol. The fourth-order valence-electron chi connectivity index (χ4n) is 1.21. The van der Waals surface area contributed by atoms with Crippen molar-refractivity contribution in [3.8, 4) is 0 Å². The van der Waals surface area contributed by atoms with Crippen molar-refractivity contribution in [2.75, 3.05) is 0 Å². The highest BCUT2D eigenvalue weighted by molar-refractivity contribution is 7.10. The first-order valence-electron chi connectivity index (χ1n) is 4.26. The van der Waals surface area contributed by atoms with Gasteiger partial charge in [-0.25, -0.2) is 0 Å². The molecule has 0 aliphatic heterocycles. The second kappa shape index (κ2) is 4.31. The second-order valence-corrected chi connectivity index (χ2v) is 4.18. The standard InChI is InChI=1S/C9H12F3NS/c1-6-3-5-14-8(6)7(13)2-4-9(10,11)12/h3,5,7H,2,4,13H2,1H3. The highest BCUT2D eigenvalue weighted by atomic mass is 32.1. The molecule has 1 unspecified atom stereocenters. The number of halogens is 3. The Bertz CT molecular complexity index is 292. The largest absolute Gasteiger partial charge is 0.389 e. The van der Waals surface area contributed by atoms with Crippen LogP contribution >= 0.6 is 11.3 Å². The van der Waals surface area contributed by atoms with E-state index in [4.69, 9.17) is 5.73 Å². The summed E-state index contributed by atoms with van der Waals surface area (Å²) in [7, 11) is 0. The molecule has 80 valence electrons. The van der Waals surface area contributed by atoms with Crippen LogP contribution in [0.3, 0.4) is 0 Å². The van der Waals surface area contributed by atoms with Gasteiger partial charge in [0.25, 0.3) is 0 Å². The molecule has 0 aliphatic rings. The van der Waals surface area contributed by atoms with Gasteiger partial charge in [-0.2, -0.15) is 13.2 Å². The highest BCUT2D eigenvalue weighted by Crippen LogP contribution is 2.29. The number of nitrogens with two attached hydrogens (primary N) is 1. The quantitative estimate of drug-likeness (QED) is 0.835. The predicted octanol–water partition coefficient (Wildman–Crippen LogP) is 3.40. The third-order valence-corrected chi connectivity index (χ3v) is 3.13. The predicted molar refractivity (Wildman–Crippen MR) is 51.3 cm³/mol. The van der Waals surface area contributed by atoms with E-state index in [0.717, 1.165) is 10.4 Å². The summed E-state index contributed by atoms with van der Waals surface area (Å²) in [6.45, 7) is 1.86. The molecule has 1 aromatic rings. The van der Waals surface area contributed by atoms with Crippen LogP contribution in [0.1, 0.15) is 29.3 Å². The fraction of sp³-hybridized carbons (Fsp3) is 0.556. The van der Waals surface area contributed by atoms with E-state index in [-0.39, 0.29) is 6.42 Å². The van der Waals surface area contributed by atoms with Crippen molar-refractivity contribution in [1.82, 2.24) is 0 Å². The lowest BCUT2D eigenvalue weighted by Gasteiger charge is -2.12. The number of aryl methyl sites for hydroxylation is 1. The number of rotatable bonds is 3. The van der Waals surface area contributed by atoms with Crippen molar-refractivity contribution < 1.29 is 13.2 Å². The summed E-state index contributed by atoms with van der Waals surface area (Å²) >= 11 is 1.42. The molecule has 1 atom stereocenters. The van der Waals surface area contributed by atoms with E-state index in [0.29, 0.717) is 0 Å². The van der Waals surface area contributed by atoms with Crippen LogP contribution in [0.15, 0.2) is 11.4 Å². The van der Waals surface area contributed by atoms with Gasteiger partial charge >= 0.3 is 6.18 Å². The van der Waals surface area contributed by atoms with Gasteiger partial charge in [-0.15, -0.1) is 11.3 Å². The molecule has 1 aromatic heterocycles. The zero-order valence-electron chi connectivity index (χ0n) is 7.77. The van der Waals surface area contributed by atoms with Gasteiger partial charge in [0.05, 0.1) is 0 Å². The number of alkyl halides is 3. The summed E-state index contributed by atoms with van der Waals surface area (Å²) in [5, 5.41) is 1.85. The van der Waals surface area contributed by atoms with Gasteiger partial charge in [0.2, 0.25) is 0 Å². The zero-order valence-corrected chi connectivity index (χ0v) is 8.58. The minimum absolute atomic E-state index is 0.0369. The van der Waals surface area contributed by atoms with E-state index in [2.05, 4.69) is 0 Å². The Kier molecular flexibility index (Phi) is 3.55. The van der Waals surface area contributed by atoms with E-state index in [1.54, 1.807) is 0 Å². The number of thiophene rings is 1. The van der Waals surface area contributed by atoms with Crippen molar-refractivity contribution in [2.24, 2.45) is 5.73 Å². The first kappa shape index (κ1) is 11.5. The molecule has 14 heavy (non-hydrogen) atoms. The van der Waals surface area contributed by atoms with Crippen LogP contribution in [-0.2, 0) is 0 Å². The molecule has 2 N–H and O–H groups in total. The Morgan fingerprint density at radius 3 is 2.57 bits per heavy atom. The second-order valence-electron chi connectivity index (χ2n) is 3.23. The Morgan fingerprint density at radius 2 is 2.14 bits per heavy atom. The Morgan fingerprint density at radius 1 is 1.50 bits per heavy atom. The maximum absolute atomic E-state index is 11.9. The fourth-order valence-corrected chi connectivity index (χ4v) is 2.18. The van der Waals surface area contributed by atoms with Gasteiger partial charge in [0.1, 0.15) is 0 Å². The minimum atomic E-state index is -4.11. The summed E-state index contributed by atoms with van der Waals surface area (Å²) in [6, 6.07) is 1.38. The third kappa shape index (κ3) is 3.31. The minimum Gasteiger partial charge on any atom is -0.323 e. The van der Waals surface area contributed by atoms with Gasteiger partial charge in [0, 0.05) is 17.3 Å². The van der Waals surface area contributed by atoms with Crippen LogP contribution in [0.4, 0.5) is 13.2 Å². The molecule has 0 aliphatic carbocycles. The molecule has 1 rings (SSSR count). The summed E-state index contributed by atoms with van der Waals surface area (Å²) in [5.74, 6) is 0. The Labute approximate surface area is 84.7 Å². The van der Waals surface area contributed by atoms with Crippen LogP contribution in [0, 0.1) is 6.92 Å². The SMILES string of the molecule is Cc1ccsc1C(N)CCC(F)(F)F. The van der Waals surface area contributed by atoms with Crippen LogP contribution < -0.4 is 5.73 Å². The molecule has 0 bridgehead atoms. The average Bonchev–Trinajstić information content (AvgIpc) is 2.46. The van der Waals surface area contributed by atoms with Gasteiger partial charge in [-0.3, -0.25) is 0 Å². The molecule has 1 heterocycles. The molecule has 0 aromatic carbocycles. The number of hydrogen-bond donors (Lipinski definition) is 1. The molecule has 0 spiro atoms. The molecule has 1 nitrogen and oxygen atoms in total. The molecule has 0 saturated heterocycles. The lowest BCUT2D eigenvalue weighted by molar-refractivity contribution is -0.136. The Hall–Kier alpha value is -0.550. The van der Waals surface area contributed by atoms with Crippen molar-refractivity contribution in [1.29, 1.82) is 0 Å². The van der Waals surface area contributed by atoms with Crippen LogP contribution in [-0.4, -0.2) is 6.18 Å². The molecule has 5 heteroatoms. The van der Waals surface area contributed by atoms with E-state index < -0.39 is 18.6 Å². The molecular formula is C9H12F3NS. The van der Waals surface area contributed by atoms with E-state index in [9.17, 15) is 13.2 Å². The van der Waals surface area contributed by atoms with Crippen molar-refractivity contribution in [2.45, 2.75) is 32.0 Å². The lowest BCUT2D eigenvalue weighted by Crippen LogP contribution is -2.15. The molecule has 0 amide bonds. The van der Waals surface area contributed by atoms with E-state index in [1.165, 1.54) is 11.3 Å². The molecule has 0 saturated carbocycles. The van der Waals surface area contributed by atoms with Crippen molar-refractivity contribution in [3.05, 3.63) is 21.9 Å². The van der Waals surface area contributed by atoms with E-state index in [1.807, 2.05) is 18.4 Å². The summed E-state index contributed by atoms with van der Waals surface area (Å²) in [6.07, 6.45) is -4.96. The van der Waals surface area contributed by atoms with Crippen LogP contribution in [0.2, 0.25) is 0 Å². The normalized spacial score (nSPS) is 14.4.